The first-order chi connectivity index (χ1) is 22.1. The fourth-order valence-electron chi connectivity index (χ4n) is 7.09. The minimum Gasteiger partial charge on any atom is -0.494 e. The fraction of sp³-hybridized carbons (Fsp3) is 0.442. The van der Waals surface area contributed by atoms with Gasteiger partial charge in [0.25, 0.3) is 0 Å². The summed E-state index contributed by atoms with van der Waals surface area (Å²) in [4.78, 5) is 0. The lowest BCUT2D eigenvalue weighted by Crippen LogP contribution is -2.28. The van der Waals surface area contributed by atoms with Crippen molar-refractivity contribution in [3.8, 4) is 22.6 Å². The monoisotopic (exact) mass is 602 g/mol. The minimum absolute atomic E-state index is 0.418. The van der Waals surface area contributed by atoms with Crippen LogP contribution in [0.15, 0.2) is 84.9 Å². The van der Waals surface area contributed by atoms with E-state index in [0.717, 1.165) is 37.6 Å². The van der Waals surface area contributed by atoms with Gasteiger partial charge in [-0.25, -0.2) is 0 Å². The van der Waals surface area contributed by atoms with Crippen molar-refractivity contribution in [3.05, 3.63) is 118 Å². The lowest BCUT2D eigenvalue weighted by Gasteiger charge is -2.34. The smallest absolute Gasteiger partial charge is 0.119 e. The lowest BCUT2D eigenvalue weighted by atomic mass is 9.67. The average molecular weight is 603 g/mol. The van der Waals surface area contributed by atoms with E-state index in [1.54, 1.807) is 0 Å². The quantitative estimate of drug-likeness (QED) is 0.0929. The van der Waals surface area contributed by atoms with E-state index in [-0.39, 0.29) is 0 Å². The van der Waals surface area contributed by atoms with Crippen LogP contribution in [0.2, 0.25) is 0 Å². The van der Waals surface area contributed by atoms with Gasteiger partial charge in [0.1, 0.15) is 11.5 Å². The molecule has 5 rings (SSSR count). The molecule has 0 spiro atoms. The van der Waals surface area contributed by atoms with Gasteiger partial charge < -0.3 is 9.47 Å². The second kappa shape index (κ2) is 16.2. The Morgan fingerprint density at radius 3 is 1.22 bits per heavy atom. The Hall–Kier alpha value is -3.52. The number of unbranched alkanes of at least 4 members (excludes halogenated alkanes) is 10. The summed E-state index contributed by atoms with van der Waals surface area (Å²) in [6.07, 6.45) is 15.2. The van der Waals surface area contributed by atoms with Crippen molar-refractivity contribution in [1.82, 2.24) is 0 Å². The number of hydrogen-bond donors (Lipinski definition) is 0. The molecule has 0 aromatic heterocycles. The molecule has 4 aromatic rings. The molecule has 238 valence electrons. The molecule has 0 atom stereocenters. The molecule has 1 aliphatic rings. The molecule has 2 heteroatoms. The van der Waals surface area contributed by atoms with Crippen LogP contribution in [0.4, 0.5) is 0 Å². The Kier molecular flexibility index (Phi) is 11.8. The first-order valence-electron chi connectivity index (χ1n) is 17.8. The second-order valence-electron chi connectivity index (χ2n) is 13.1. The van der Waals surface area contributed by atoms with Crippen LogP contribution in [0, 0.1) is 13.8 Å². The largest absolute Gasteiger partial charge is 0.494 e. The molecule has 0 fully saturated rings. The third kappa shape index (κ3) is 7.66. The molecule has 45 heavy (non-hydrogen) atoms. The van der Waals surface area contributed by atoms with Crippen LogP contribution in [0.25, 0.3) is 11.1 Å². The van der Waals surface area contributed by atoms with Crippen molar-refractivity contribution >= 4 is 0 Å². The summed E-state index contributed by atoms with van der Waals surface area (Å²) >= 11 is 0. The Balaban J connectivity index is 1.43. The standard InChI is InChI=1S/C43H54O2/c1-5-7-9-11-13-15-29-44-37-23-19-35(20-24-37)43(36-21-25-38(26-22-36)45-30-16-14-12-10-8-6-2)41-31-33(3)17-27-39(41)40-28-18-34(4)32-42(40)43/h17-28,31-32H,5-16,29-30H2,1-4H3. The van der Waals surface area contributed by atoms with E-state index < -0.39 is 5.41 Å². The Bertz CT molecular complexity index is 1370. The molecular formula is C43H54O2. The Morgan fingerprint density at radius 1 is 0.444 bits per heavy atom. The van der Waals surface area contributed by atoms with Crippen molar-refractivity contribution in [1.29, 1.82) is 0 Å². The molecule has 1 aliphatic carbocycles. The maximum absolute atomic E-state index is 6.22. The van der Waals surface area contributed by atoms with Gasteiger partial charge in [0.2, 0.25) is 0 Å². The van der Waals surface area contributed by atoms with Gasteiger partial charge in [-0.3, -0.25) is 0 Å². The van der Waals surface area contributed by atoms with Crippen molar-refractivity contribution in [3.63, 3.8) is 0 Å². The van der Waals surface area contributed by atoms with E-state index in [1.807, 2.05) is 0 Å². The second-order valence-corrected chi connectivity index (χ2v) is 13.1. The molecule has 0 amide bonds. The third-order valence-electron chi connectivity index (χ3n) is 9.56. The summed E-state index contributed by atoms with van der Waals surface area (Å²) in [6.45, 7) is 10.5. The van der Waals surface area contributed by atoms with Crippen molar-refractivity contribution in [2.24, 2.45) is 0 Å². The van der Waals surface area contributed by atoms with Crippen LogP contribution < -0.4 is 9.47 Å². The van der Waals surface area contributed by atoms with Crippen molar-refractivity contribution < 1.29 is 9.47 Å². The van der Waals surface area contributed by atoms with Crippen LogP contribution in [-0.4, -0.2) is 13.2 Å². The maximum Gasteiger partial charge on any atom is 0.119 e. The maximum atomic E-state index is 6.22. The van der Waals surface area contributed by atoms with Crippen LogP contribution in [0.3, 0.4) is 0 Å². The highest BCUT2D eigenvalue weighted by molar-refractivity contribution is 5.86. The van der Waals surface area contributed by atoms with E-state index in [0.29, 0.717) is 0 Å². The van der Waals surface area contributed by atoms with Gasteiger partial charge in [0.05, 0.1) is 18.6 Å². The minimum atomic E-state index is -0.418. The molecule has 0 saturated carbocycles. The molecule has 0 aliphatic heterocycles. The SMILES string of the molecule is CCCCCCCCOc1ccc(C2(c3ccc(OCCCCCCCC)cc3)c3cc(C)ccc3-c3ccc(C)cc32)cc1. The van der Waals surface area contributed by atoms with Crippen molar-refractivity contribution in [2.45, 2.75) is 110 Å². The summed E-state index contributed by atoms with van der Waals surface area (Å²) in [5.74, 6) is 1.90. The highest BCUT2D eigenvalue weighted by atomic mass is 16.5. The first kappa shape index (κ1) is 32.9. The first-order valence-corrected chi connectivity index (χ1v) is 17.8. The van der Waals surface area contributed by atoms with E-state index in [1.165, 1.54) is 109 Å². The van der Waals surface area contributed by atoms with E-state index >= 15 is 0 Å². The highest BCUT2D eigenvalue weighted by Gasteiger charge is 2.46. The summed E-state index contributed by atoms with van der Waals surface area (Å²) < 4.78 is 12.4. The predicted octanol–water partition coefficient (Wildman–Crippen LogP) is 12.1. The van der Waals surface area contributed by atoms with Gasteiger partial charge in [0, 0.05) is 0 Å². The molecule has 0 N–H and O–H groups in total. The zero-order valence-electron chi connectivity index (χ0n) is 28.3. The number of fused-ring (bicyclic) bond motifs is 3. The van der Waals surface area contributed by atoms with Gasteiger partial charge >= 0.3 is 0 Å². The number of aryl methyl sites for hydroxylation is 2. The zero-order chi connectivity index (χ0) is 31.5. The highest BCUT2D eigenvalue weighted by Crippen LogP contribution is 2.56. The Labute approximate surface area is 273 Å². The van der Waals surface area contributed by atoms with Gasteiger partial charge in [-0.1, -0.05) is 150 Å². The fourth-order valence-corrected chi connectivity index (χ4v) is 7.09. The molecule has 0 bridgehead atoms. The summed E-state index contributed by atoms with van der Waals surface area (Å²) in [6, 6.07) is 31.8. The molecular weight excluding hydrogens is 548 g/mol. The molecule has 0 heterocycles. The zero-order valence-corrected chi connectivity index (χ0v) is 28.3. The van der Waals surface area contributed by atoms with Gasteiger partial charge in [-0.2, -0.15) is 0 Å². The molecule has 0 unspecified atom stereocenters. The van der Waals surface area contributed by atoms with Crippen LogP contribution in [0.1, 0.15) is 124 Å². The normalized spacial score (nSPS) is 13.0. The molecule has 0 radical (unpaired) electrons. The van der Waals surface area contributed by atoms with Crippen LogP contribution in [-0.2, 0) is 5.41 Å². The van der Waals surface area contributed by atoms with Crippen molar-refractivity contribution in [2.75, 3.05) is 13.2 Å². The van der Waals surface area contributed by atoms with Gasteiger partial charge in [-0.05, 0) is 84.3 Å². The lowest BCUT2D eigenvalue weighted by molar-refractivity contribution is 0.304. The van der Waals surface area contributed by atoms with Crippen LogP contribution in [0.5, 0.6) is 11.5 Å². The average Bonchev–Trinajstić information content (AvgIpc) is 3.33. The molecule has 2 nitrogen and oxygen atoms in total. The third-order valence-corrected chi connectivity index (χ3v) is 9.56. The van der Waals surface area contributed by atoms with E-state index in [2.05, 4.69) is 113 Å². The number of ether oxygens (including phenoxy) is 2. The summed E-state index contributed by atoms with van der Waals surface area (Å²) in [5, 5.41) is 0. The summed E-state index contributed by atoms with van der Waals surface area (Å²) in [5.41, 5.74) is 10.0. The van der Waals surface area contributed by atoms with Gasteiger partial charge in [-0.15, -0.1) is 0 Å². The van der Waals surface area contributed by atoms with E-state index in [4.69, 9.17) is 9.47 Å². The van der Waals surface area contributed by atoms with Crippen LogP contribution >= 0.6 is 0 Å². The predicted molar refractivity (Wildman–Crippen MR) is 191 cm³/mol. The molecule has 4 aromatic carbocycles. The summed E-state index contributed by atoms with van der Waals surface area (Å²) in [7, 11) is 0. The topological polar surface area (TPSA) is 18.5 Å². The number of benzene rings is 4. The Morgan fingerprint density at radius 2 is 0.822 bits per heavy atom. The van der Waals surface area contributed by atoms with E-state index in [9.17, 15) is 0 Å². The van der Waals surface area contributed by atoms with Gasteiger partial charge in [0.15, 0.2) is 0 Å². The number of hydrogen-bond acceptors (Lipinski definition) is 2. The molecule has 0 saturated heterocycles. The number of rotatable bonds is 18.